The molecule has 0 amide bonds. The van der Waals surface area contributed by atoms with E-state index in [1.165, 1.54) is 25.3 Å². The Labute approximate surface area is 114 Å². The second kappa shape index (κ2) is 6.68. The van der Waals surface area contributed by atoms with Crippen molar-refractivity contribution in [2.75, 3.05) is 0 Å². The van der Waals surface area contributed by atoms with Crippen LogP contribution in [0.2, 0.25) is 0 Å². The van der Waals surface area contributed by atoms with Gasteiger partial charge in [0, 0.05) is 5.56 Å². The Balaban J connectivity index is 1.90. The summed E-state index contributed by atoms with van der Waals surface area (Å²) in [6.07, 6.45) is 6.13. The summed E-state index contributed by atoms with van der Waals surface area (Å²) in [7, 11) is 0. The molecule has 2 atom stereocenters. The van der Waals surface area contributed by atoms with E-state index in [0.29, 0.717) is 17.7 Å². The molecular weight excluding hydrogens is 241 g/mol. The molecule has 0 spiro atoms. The lowest BCUT2D eigenvalue weighted by molar-refractivity contribution is 0.000662. The molecule has 19 heavy (non-hydrogen) atoms. The zero-order valence-electron chi connectivity index (χ0n) is 11.4. The van der Waals surface area contributed by atoms with Crippen molar-refractivity contribution in [3.05, 3.63) is 35.1 Å². The molecule has 2 rings (SSSR count). The zero-order chi connectivity index (χ0) is 13.7. The molecule has 1 aliphatic rings. The van der Waals surface area contributed by atoms with Crippen molar-refractivity contribution < 1.29 is 9.13 Å². The summed E-state index contributed by atoms with van der Waals surface area (Å²) in [5, 5.41) is 8.70. The van der Waals surface area contributed by atoms with Gasteiger partial charge in [0.1, 0.15) is 5.82 Å². The van der Waals surface area contributed by atoms with E-state index in [0.717, 1.165) is 18.8 Å². The molecule has 0 N–H and O–H groups in total. The summed E-state index contributed by atoms with van der Waals surface area (Å²) < 4.78 is 19.5. The third-order valence-electron chi connectivity index (χ3n) is 3.97. The van der Waals surface area contributed by atoms with Crippen LogP contribution in [0, 0.1) is 23.1 Å². The molecule has 0 aromatic heterocycles. The molecule has 1 aromatic rings. The van der Waals surface area contributed by atoms with Crippen molar-refractivity contribution in [3.63, 3.8) is 0 Å². The van der Waals surface area contributed by atoms with Gasteiger partial charge in [0.2, 0.25) is 0 Å². The number of ether oxygens (including phenoxy) is 1. The minimum absolute atomic E-state index is 0.258. The highest BCUT2D eigenvalue weighted by Crippen LogP contribution is 2.29. The second-order valence-corrected chi connectivity index (χ2v) is 5.29. The first-order valence-electron chi connectivity index (χ1n) is 7.03. The van der Waals surface area contributed by atoms with Gasteiger partial charge in [0.25, 0.3) is 0 Å². The van der Waals surface area contributed by atoms with E-state index >= 15 is 0 Å². The molecule has 1 aromatic carbocycles. The third-order valence-corrected chi connectivity index (χ3v) is 3.97. The van der Waals surface area contributed by atoms with Gasteiger partial charge in [0.05, 0.1) is 24.3 Å². The van der Waals surface area contributed by atoms with E-state index < -0.39 is 0 Å². The van der Waals surface area contributed by atoms with Crippen LogP contribution in [0.25, 0.3) is 0 Å². The highest BCUT2D eigenvalue weighted by atomic mass is 19.1. The Hall–Kier alpha value is -1.40. The molecule has 1 aliphatic carbocycles. The molecule has 0 heterocycles. The fourth-order valence-electron chi connectivity index (χ4n) is 2.71. The number of hydrogen-bond donors (Lipinski definition) is 0. The van der Waals surface area contributed by atoms with Crippen LogP contribution in [0.3, 0.4) is 0 Å². The van der Waals surface area contributed by atoms with Gasteiger partial charge >= 0.3 is 0 Å². The van der Waals surface area contributed by atoms with Gasteiger partial charge in [-0.2, -0.15) is 5.26 Å². The first-order valence-corrected chi connectivity index (χ1v) is 7.03. The Morgan fingerprint density at radius 1 is 1.42 bits per heavy atom. The van der Waals surface area contributed by atoms with Gasteiger partial charge in [-0.05, 0) is 30.9 Å². The molecule has 0 bridgehead atoms. The minimum Gasteiger partial charge on any atom is -0.373 e. The van der Waals surface area contributed by atoms with Crippen LogP contribution in [0.4, 0.5) is 4.39 Å². The van der Waals surface area contributed by atoms with Gasteiger partial charge < -0.3 is 4.74 Å². The maximum Gasteiger partial charge on any atom is 0.130 e. The summed E-state index contributed by atoms with van der Waals surface area (Å²) in [5.41, 5.74) is 0.891. The summed E-state index contributed by atoms with van der Waals surface area (Å²) in [6.45, 7) is 2.52. The average Bonchev–Trinajstić information content (AvgIpc) is 2.46. The van der Waals surface area contributed by atoms with Crippen LogP contribution in [-0.2, 0) is 11.3 Å². The van der Waals surface area contributed by atoms with Gasteiger partial charge in [-0.15, -0.1) is 0 Å². The average molecular weight is 261 g/mol. The summed E-state index contributed by atoms with van der Waals surface area (Å²) in [4.78, 5) is 0. The topological polar surface area (TPSA) is 33.0 Å². The second-order valence-electron chi connectivity index (χ2n) is 5.29. The van der Waals surface area contributed by atoms with Crippen molar-refractivity contribution in [2.24, 2.45) is 5.92 Å². The van der Waals surface area contributed by atoms with Crippen molar-refractivity contribution in [1.29, 1.82) is 5.26 Å². The zero-order valence-corrected chi connectivity index (χ0v) is 11.4. The van der Waals surface area contributed by atoms with Crippen LogP contribution >= 0.6 is 0 Å². The molecule has 0 saturated heterocycles. The fourth-order valence-corrected chi connectivity index (χ4v) is 2.71. The number of nitrogens with zero attached hydrogens (tertiary/aromatic N) is 1. The molecule has 1 fully saturated rings. The molecule has 0 aliphatic heterocycles. The van der Waals surface area contributed by atoms with E-state index in [2.05, 4.69) is 6.92 Å². The molecule has 102 valence electrons. The standard InChI is InChI=1S/C16H20FNO/c1-2-12-4-3-5-15(8-12)19-11-14-7-6-13(10-18)9-16(14)17/h6-7,9,12,15H,2-5,8,11H2,1H3. The van der Waals surface area contributed by atoms with E-state index in [1.54, 1.807) is 12.1 Å². The van der Waals surface area contributed by atoms with Crippen LogP contribution in [0.5, 0.6) is 0 Å². The highest BCUT2D eigenvalue weighted by molar-refractivity contribution is 5.32. The predicted octanol–water partition coefficient (Wildman–Crippen LogP) is 4.18. The first-order chi connectivity index (χ1) is 9.22. The van der Waals surface area contributed by atoms with Gasteiger partial charge in [-0.25, -0.2) is 4.39 Å². The largest absolute Gasteiger partial charge is 0.373 e. The lowest BCUT2D eigenvalue weighted by Crippen LogP contribution is -2.22. The van der Waals surface area contributed by atoms with E-state index in [1.807, 2.05) is 6.07 Å². The molecule has 1 saturated carbocycles. The number of halogens is 1. The van der Waals surface area contributed by atoms with Crippen molar-refractivity contribution in [3.8, 4) is 6.07 Å². The van der Waals surface area contributed by atoms with E-state index in [9.17, 15) is 4.39 Å². The van der Waals surface area contributed by atoms with Gasteiger partial charge in [-0.3, -0.25) is 0 Å². The Bertz CT molecular complexity index is 466. The summed E-state index contributed by atoms with van der Waals surface area (Å²) in [6, 6.07) is 6.49. The Morgan fingerprint density at radius 2 is 2.26 bits per heavy atom. The van der Waals surface area contributed by atoms with Crippen molar-refractivity contribution in [1.82, 2.24) is 0 Å². The quantitative estimate of drug-likeness (QED) is 0.814. The van der Waals surface area contributed by atoms with E-state index in [-0.39, 0.29) is 11.9 Å². The smallest absolute Gasteiger partial charge is 0.130 e. The first kappa shape index (κ1) is 14.0. The number of hydrogen-bond acceptors (Lipinski definition) is 2. The monoisotopic (exact) mass is 261 g/mol. The predicted molar refractivity (Wildman–Crippen MR) is 71.9 cm³/mol. The van der Waals surface area contributed by atoms with Crippen molar-refractivity contribution >= 4 is 0 Å². The van der Waals surface area contributed by atoms with Crippen LogP contribution in [-0.4, -0.2) is 6.10 Å². The fraction of sp³-hybridized carbons (Fsp3) is 0.562. The number of nitriles is 1. The Morgan fingerprint density at radius 3 is 2.95 bits per heavy atom. The lowest BCUT2D eigenvalue weighted by atomic mass is 9.85. The minimum atomic E-state index is -0.345. The molecule has 3 heteroatoms. The molecule has 2 unspecified atom stereocenters. The van der Waals surface area contributed by atoms with Crippen LogP contribution in [0.15, 0.2) is 18.2 Å². The maximum atomic E-state index is 13.7. The molecular formula is C16H20FNO. The Kier molecular flexibility index (Phi) is 4.93. The van der Waals surface area contributed by atoms with Crippen molar-refractivity contribution in [2.45, 2.75) is 51.7 Å². The van der Waals surface area contributed by atoms with Crippen LogP contribution < -0.4 is 0 Å². The highest BCUT2D eigenvalue weighted by Gasteiger charge is 2.21. The number of benzene rings is 1. The maximum absolute atomic E-state index is 13.7. The normalized spacial score (nSPS) is 23.0. The van der Waals surface area contributed by atoms with Gasteiger partial charge in [-0.1, -0.05) is 32.3 Å². The summed E-state index contributed by atoms with van der Waals surface area (Å²) in [5.74, 6) is 0.409. The number of rotatable bonds is 4. The SMILES string of the molecule is CCC1CCCC(OCc2ccc(C#N)cc2F)C1. The van der Waals surface area contributed by atoms with Crippen LogP contribution in [0.1, 0.15) is 50.2 Å². The third kappa shape index (κ3) is 3.78. The van der Waals surface area contributed by atoms with Gasteiger partial charge in [0.15, 0.2) is 0 Å². The molecule has 0 radical (unpaired) electrons. The molecule has 2 nitrogen and oxygen atoms in total. The lowest BCUT2D eigenvalue weighted by Gasteiger charge is -2.28. The summed E-state index contributed by atoms with van der Waals surface area (Å²) >= 11 is 0. The van der Waals surface area contributed by atoms with E-state index in [4.69, 9.17) is 10.00 Å².